The number of amides is 1. The number of hydrogen-bond donors (Lipinski definition) is 1. The fourth-order valence-corrected chi connectivity index (χ4v) is 3.56. The summed E-state index contributed by atoms with van der Waals surface area (Å²) in [5.41, 5.74) is 0.567. The Morgan fingerprint density at radius 3 is 2.65 bits per heavy atom. The number of halogens is 1. The summed E-state index contributed by atoms with van der Waals surface area (Å²) < 4.78 is 34.4. The molecule has 31 heavy (non-hydrogen) atoms. The molecule has 1 N–H and O–H groups in total. The van der Waals surface area contributed by atoms with Crippen LogP contribution in [0.3, 0.4) is 0 Å². The first-order valence-corrected chi connectivity index (χ1v) is 11.0. The summed E-state index contributed by atoms with van der Waals surface area (Å²) in [6, 6.07) is 3.59. The van der Waals surface area contributed by atoms with E-state index in [2.05, 4.69) is 15.2 Å². The van der Waals surface area contributed by atoms with Crippen molar-refractivity contribution < 1.29 is 28.1 Å². The van der Waals surface area contributed by atoms with Gasteiger partial charge in [0.2, 0.25) is 5.88 Å². The topological polar surface area (TPSA) is 82.2 Å². The first-order valence-electron chi connectivity index (χ1n) is 11.0. The van der Waals surface area contributed by atoms with Gasteiger partial charge in [0.15, 0.2) is 0 Å². The van der Waals surface area contributed by atoms with E-state index in [9.17, 15) is 9.18 Å². The maximum atomic E-state index is 13.0. The number of hydrogen-bond acceptors (Lipinski definition) is 7. The van der Waals surface area contributed by atoms with E-state index >= 15 is 0 Å². The van der Waals surface area contributed by atoms with Crippen LogP contribution in [0.2, 0.25) is 0 Å². The van der Waals surface area contributed by atoms with Crippen molar-refractivity contribution in [2.45, 2.75) is 38.3 Å². The molecule has 2 aliphatic rings. The molecular weight excluding hydrogens is 405 g/mol. The predicted molar refractivity (Wildman–Crippen MR) is 115 cm³/mol. The largest absolute Gasteiger partial charge is 0.476 e. The third-order valence-corrected chi connectivity index (χ3v) is 6.09. The lowest BCUT2D eigenvalue weighted by atomic mass is 9.93. The Bertz CT molecular complexity index is 721. The Morgan fingerprint density at radius 1 is 1.32 bits per heavy atom. The molecule has 0 spiro atoms. The van der Waals surface area contributed by atoms with Gasteiger partial charge in [-0.3, -0.25) is 4.79 Å². The average Bonchev–Trinajstić information content (AvgIpc) is 2.72. The Labute approximate surface area is 183 Å². The van der Waals surface area contributed by atoms with E-state index in [1.54, 1.807) is 13.2 Å². The summed E-state index contributed by atoms with van der Waals surface area (Å²) in [6.07, 6.45) is 1.52. The summed E-state index contributed by atoms with van der Waals surface area (Å²) in [4.78, 5) is 19.7. The summed E-state index contributed by atoms with van der Waals surface area (Å²) >= 11 is 0. The molecule has 2 aliphatic heterocycles. The summed E-state index contributed by atoms with van der Waals surface area (Å²) in [6.45, 7) is 7.05. The van der Waals surface area contributed by atoms with Crippen LogP contribution in [0.4, 0.5) is 10.1 Å². The number of nitrogens with one attached hydrogen (secondary N) is 1. The van der Waals surface area contributed by atoms with Crippen molar-refractivity contribution in [2.75, 3.05) is 64.8 Å². The third-order valence-electron chi connectivity index (χ3n) is 6.09. The normalized spacial score (nSPS) is 17.2. The maximum absolute atomic E-state index is 13.0. The van der Waals surface area contributed by atoms with Gasteiger partial charge in [0.1, 0.15) is 18.1 Å². The van der Waals surface area contributed by atoms with Crippen LogP contribution < -0.4 is 15.0 Å². The van der Waals surface area contributed by atoms with Crippen LogP contribution in [-0.2, 0) is 14.2 Å². The van der Waals surface area contributed by atoms with Gasteiger partial charge in [0, 0.05) is 26.1 Å². The summed E-state index contributed by atoms with van der Waals surface area (Å²) in [7, 11) is 1.70. The second-order valence-electron chi connectivity index (χ2n) is 8.18. The maximum Gasteiger partial charge on any atom is 0.270 e. The van der Waals surface area contributed by atoms with Crippen LogP contribution in [0.1, 0.15) is 37.2 Å². The quantitative estimate of drug-likeness (QED) is 0.472. The highest BCUT2D eigenvalue weighted by molar-refractivity contribution is 5.93. The second kappa shape index (κ2) is 11.1. The minimum absolute atomic E-state index is 0.0196. The number of nitrogens with zero attached hydrogens (tertiary/aromatic N) is 2. The van der Waals surface area contributed by atoms with Crippen molar-refractivity contribution in [3.63, 3.8) is 0 Å². The fraction of sp³-hybridized carbons (Fsp3) is 0.727. The number of carbonyl (C=O) groups is 1. The van der Waals surface area contributed by atoms with Crippen molar-refractivity contribution in [3.8, 4) is 5.88 Å². The lowest BCUT2D eigenvalue weighted by Gasteiger charge is -2.40. The number of alkyl halides is 1. The van der Waals surface area contributed by atoms with E-state index < -0.39 is 12.2 Å². The van der Waals surface area contributed by atoms with Gasteiger partial charge in [-0.25, -0.2) is 9.37 Å². The Morgan fingerprint density at radius 2 is 2.06 bits per heavy atom. The number of anilines is 1. The highest BCUT2D eigenvalue weighted by atomic mass is 19.1. The fourth-order valence-electron chi connectivity index (χ4n) is 3.56. The molecule has 0 radical (unpaired) electrons. The van der Waals surface area contributed by atoms with Gasteiger partial charge in [0.25, 0.3) is 5.91 Å². The number of ether oxygens (including phenoxy) is 4. The Balaban J connectivity index is 1.73. The van der Waals surface area contributed by atoms with Crippen LogP contribution in [-0.4, -0.2) is 82.4 Å². The number of carbonyl (C=O) groups excluding carboxylic acids is 1. The van der Waals surface area contributed by atoms with Crippen LogP contribution >= 0.6 is 0 Å². The van der Waals surface area contributed by atoms with Gasteiger partial charge in [-0.15, -0.1) is 0 Å². The minimum Gasteiger partial charge on any atom is -0.476 e. The monoisotopic (exact) mass is 439 g/mol. The van der Waals surface area contributed by atoms with Gasteiger partial charge < -0.3 is 29.2 Å². The number of aromatic nitrogens is 1. The van der Waals surface area contributed by atoms with Gasteiger partial charge in [-0.1, -0.05) is 13.8 Å². The van der Waals surface area contributed by atoms with Crippen LogP contribution in [0.15, 0.2) is 12.1 Å². The van der Waals surface area contributed by atoms with E-state index in [0.717, 1.165) is 18.8 Å². The SMILES string of the molecule is CCC(CC)(COCCF)NC(=O)c1ccc(N2CC(OC)C2)c(OCC2COC2)n1. The van der Waals surface area contributed by atoms with Gasteiger partial charge in [-0.05, 0) is 25.0 Å². The molecule has 174 valence electrons. The molecule has 0 aromatic carbocycles. The zero-order chi connectivity index (χ0) is 22.3. The minimum atomic E-state index is -0.569. The second-order valence-corrected chi connectivity index (χ2v) is 8.18. The Hall–Kier alpha value is -1.97. The van der Waals surface area contributed by atoms with Crippen LogP contribution in [0.25, 0.3) is 0 Å². The molecule has 0 unspecified atom stereocenters. The standard InChI is InChI=1S/C22H34FN3O5/c1-4-22(5-2,15-29-9-8-23)25-20(27)18-6-7-19(26-10-17(11-26)28-3)21(24-18)31-14-16-12-30-13-16/h6-7,16-17H,4-5,8-15H2,1-3H3,(H,25,27). The van der Waals surface area contributed by atoms with Crippen molar-refractivity contribution in [3.05, 3.63) is 17.8 Å². The van der Waals surface area contributed by atoms with Crippen LogP contribution in [0, 0.1) is 5.92 Å². The smallest absolute Gasteiger partial charge is 0.270 e. The first-order chi connectivity index (χ1) is 15.0. The predicted octanol–water partition coefficient (Wildman–Crippen LogP) is 2.22. The van der Waals surface area contributed by atoms with E-state index in [1.807, 2.05) is 19.9 Å². The van der Waals surface area contributed by atoms with E-state index in [0.29, 0.717) is 44.5 Å². The third kappa shape index (κ3) is 5.84. The molecule has 1 aromatic rings. The molecule has 1 amide bonds. The van der Waals surface area contributed by atoms with Crippen molar-refractivity contribution in [1.82, 2.24) is 10.3 Å². The number of pyridine rings is 1. The van der Waals surface area contributed by atoms with Gasteiger partial charge >= 0.3 is 0 Å². The molecule has 9 heteroatoms. The zero-order valence-corrected chi connectivity index (χ0v) is 18.7. The van der Waals surface area contributed by atoms with E-state index in [4.69, 9.17) is 18.9 Å². The molecule has 0 saturated carbocycles. The number of rotatable bonds is 13. The van der Waals surface area contributed by atoms with Gasteiger partial charge in [0.05, 0.1) is 44.7 Å². The molecule has 0 bridgehead atoms. The highest BCUT2D eigenvalue weighted by Crippen LogP contribution is 2.32. The summed E-state index contributed by atoms with van der Waals surface area (Å²) in [5, 5.41) is 3.05. The molecule has 0 atom stereocenters. The van der Waals surface area contributed by atoms with Crippen LogP contribution in [0.5, 0.6) is 5.88 Å². The molecule has 8 nitrogen and oxygen atoms in total. The van der Waals surface area contributed by atoms with Crippen molar-refractivity contribution in [2.24, 2.45) is 5.92 Å². The van der Waals surface area contributed by atoms with E-state index in [1.165, 1.54) is 0 Å². The molecule has 1 aromatic heterocycles. The Kier molecular flexibility index (Phi) is 8.45. The molecular formula is C22H34FN3O5. The number of methoxy groups -OCH3 is 1. The molecule has 2 saturated heterocycles. The lowest BCUT2D eigenvalue weighted by Crippen LogP contribution is -2.52. The molecule has 3 heterocycles. The van der Waals surface area contributed by atoms with Crippen molar-refractivity contribution in [1.29, 1.82) is 0 Å². The first kappa shape index (κ1) is 23.7. The van der Waals surface area contributed by atoms with E-state index in [-0.39, 0.29) is 30.9 Å². The highest BCUT2D eigenvalue weighted by Gasteiger charge is 2.32. The lowest BCUT2D eigenvalue weighted by molar-refractivity contribution is -0.0514. The molecule has 0 aliphatic carbocycles. The average molecular weight is 440 g/mol. The molecule has 3 rings (SSSR count). The summed E-state index contributed by atoms with van der Waals surface area (Å²) in [5.74, 6) is 0.492. The van der Waals surface area contributed by atoms with Gasteiger partial charge in [-0.2, -0.15) is 0 Å². The van der Waals surface area contributed by atoms with Crippen molar-refractivity contribution >= 4 is 11.6 Å². The molecule has 2 fully saturated rings. The zero-order valence-electron chi connectivity index (χ0n) is 18.7.